The van der Waals surface area contributed by atoms with Crippen LogP contribution < -0.4 is 0 Å². The van der Waals surface area contributed by atoms with Crippen LogP contribution in [-0.4, -0.2) is 84.9 Å². The first kappa shape index (κ1) is 26.4. The molecule has 1 aliphatic rings. The molecule has 2 aromatic heterocycles. The smallest absolute Gasteiger partial charge is 0.166 e. The predicted octanol–water partition coefficient (Wildman–Crippen LogP) is 4.80. The molecule has 190 valence electrons. The second-order valence-corrected chi connectivity index (χ2v) is 10.6. The Kier molecular flexibility index (Phi) is 11.2. The number of fused-ring (bicyclic) bond motifs is 1. The zero-order valence-electron chi connectivity index (χ0n) is 20.5. The average Bonchev–Trinajstić information content (AvgIpc) is 3.31. The van der Waals surface area contributed by atoms with Crippen LogP contribution in [0.2, 0.25) is 0 Å². The summed E-state index contributed by atoms with van der Waals surface area (Å²) >= 11 is 3.58. The molecule has 1 fully saturated rings. The molecule has 4 rings (SSSR count). The highest BCUT2D eigenvalue weighted by atomic mass is 32.2. The van der Waals surface area contributed by atoms with E-state index in [1.807, 2.05) is 36.2 Å². The molecule has 3 aromatic rings. The molecular weight excluding hydrogens is 480 g/mol. The minimum Gasteiger partial charge on any atom is -0.381 e. The van der Waals surface area contributed by atoms with E-state index in [9.17, 15) is 0 Å². The van der Waals surface area contributed by atoms with Crippen LogP contribution in [0.5, 0.6) is 0 Å². The van der Waals surface area contributed by atoms with Crippen LogP contribution in [0.25, 0.3) is 11.0 Å². The van der Waals surface area contributed by atoms with Crippen molar-refractivity contribution in [2.24, 2.45) is 0 Å². The Labute approximate surface area is 216 Å². The van der Waals surface area contributed by atoms with Crippen molar-refractivity contribution < 1.29 is 14.2 Å². The van der Waals surface area contributed by atoms with Gasteiger partial charge in [0.05, 0.1) is 36.5 Å². The standard InChI is InChI=1S/C26H36N4O3S2/c1-21-24(20-35-26-28-22-6-2-3-7-23(22)29-26)27-9-8-25(21)34-19-5-15-31-13-4-14-32-16-10-30-11-17-33-18-12-30/h2-3,6-9H,4-5,10-20H2,1H3,(H,28,29). The van der Waals surface area contributed by atoms with Gasteiger partial charge in [0.15, 0.2) is 5.16 Å². The van der Waals surface area contributed by atoms with Crippen molar-refractivity contribution in [3.63, 3.8) is 0 Å². The van der Waals surface area contributed by atoms with Crippen molar-refractivity contribution in [3.8, 4) is 0 Å². The normalized spacial score (nSPS) is 14.7. The Morgan fingerprint density at radius 2 is 1.80 bits per heavy atom. The number of hydrogen-bond donors (Lipinski definition) is 1. The zero-order valence-corrected chi connectivity index (χ0v) is 22.2. The van der Waals surface area contributed by atoms with Gasteiger partial charge in [-0.25, -0.2) is 4.98 Å². The van der Waals surface area contributed by atoms with Crippen LogP contribution in [0.15, 0.2) is 46.6 Å². The number of nitrogens with zero attached hydrogens (tertiary/aromatic N) is 3. The molecule has 0 spiro atoms. The first-order valence-electron chi connectivity index (χ1n) is 12.4. The van der Waals surface area contributed by atoms with E-state index in [0.29, 0.717) is 0 Å². The Balaban J connectivity index is 1.06. The minimum atomic E-state index is 0.764. The number of thioether (sulfide) groups is 2. The van der Waals surface area contributed by atoms with E-state index in [2.05, 4.69) is 38.9 Å². The molecule has 1 aromatic carbocycles. The summed E-state index contributed by atoms with van der Waals surface area (Å²) in [5.74, 6) is 1.84. The molecule has 0 atom stereocenters. The number of rotatable bonds is 15. The topological polar surface area (TPSA) is 72.5 Å². The molecule has 7 nitrogen and oxygen atoms in total. The quantitative estimate of drug-likeness (QED) is 0.228. The molecule has 0 unspecified atom stereocenters. The highest BCUT2D eigenvalue weighted by Crippen LogP contribution is 2.28. The van der Waals surface area contributed by atoms with Gasteiger partial charge in [-0.05, 0) is 43.5 Å². The lowest BCUT2D eigenvalue weighted by Gasteiger charge is -2.26. The predicted molar refractivity (Wildman–Crippen MR) is 143 cm³/mol. The van der Waals surface area contributed by atoms with Crippen LogP contribution in [0.4, 0.5) is 0 Å². The molecule has 3 heterocycles. The van der Waals surface area contributed by atoms with Crippen LogP contribution in [-0.2, 0) is 20.0 Å². The molecule has 9 heteroatoms. The van der Waals surface area contributed by atoms with Crippen LogP contribution in [0, 0.1) is 6.92 Å². The second-order valence-electron chi connectivity index (χ2n) is 8.46. The van der Waals surface area contributed by atoms with E-state index in [1.165, 1.54) is 10.5 Å². The van der Waals surface area contributed by atoms with E-state index in [0.717, 1.165) is 106 Å². The Bertz CT molecular complexity index is 994. The minimum absolute atomic E-state index is 0.764. The Hall–Kier alpha value is -1.62. The van der Waals surface area contributed by atoms with Gasteiger partial charge in [-0.15, -0.1) is 11.8 Å². The largest absolute Gasteiger partial charge is 0.381 e. The first-order valence-corrected chi connectivity index (χ1v) is 14.4. The number of H-pyrrole nitrogens is 1. The number of para-hydroxylation sites is 2. The SMILES string of the molecule is Cc1c(SCCCOCCCOCCN2CCOCC2)ccnc1CSc1nc2ccccc2[nH]1. The lowest BCUT2D eigenvalue weighted by atomic mass is 10.2. The van der Waals surface area contributed by atoms with Crippen molar-refractivity contribution in [1.29, 1.82) is 0 Å². The molecule has 0 radical (unpaired) electrons. The third kappa shape index (κ3) is 8.77. The monoisotopic (exact) mass is 516 g/mol. The van der Waals surface area contributed by atoms with Gasteiger partial charge in [0.2, 0.25) is 0 Å². The van der Waals surface area contributed by atoms with Gasteiger partial charge in [-0.3, -0.25) is 9.88 Å². The zero-order chi connectivity index (χ0) is 24.1. The average molecular weight is 517 g/mol. The maximum absolute atomic E-state index is 5.79. The van der Waals surface area contributed by atoms with Gasteiger partial charge in [0.1, 0.15) is 0 Å². The molecule has 35 heavy (non-hydrogen) atoms. The van der Waals surface area contributed by atoms with Gasteiger partial charge >= 0.3 is 0 Å². The molecule has 1 N–H and O–H groups in total. The number of hydrogen-bond acceptors (Lipinski definition) is 8. The molecule has 1 saturated heterocycles. The second kappa shape index (κ2) is 14.8. The number of aromatic nitrogens is 3. The van der Waals surface area contributed by atoms with Crippen molar-refractivity contribution in [2.45, 2.75) is 35.6 Å². The number of nitrogens with one attached hydrogen (secondary N) is 1. The number of pyridine rings is 1. The number of benzene rings is 1. The van der Waals surface area contributed by atoms with Gasteiger partial charge in [0, 0.05) is 62.1 Å². The number of morpholine rings is 1. The third-order valence-electron chi connectivity index (χ3n) is 5.90. The van der Waals surface area contributed by atoms with E-state index in [4.69, 9.17) is 14.2 Å². The van der Waals surface area contributed by atoms with E-state index >= 15 is 0 Å². The van der Waals surface area contributed by atoms with Crippen molar-refractivity contribution in [1.82, 2.24) is 19.9 Å². The van der Waals surface area contributed by atoms with E-state index in [1.54, 1.807) is 11.8 Å². The Morgan fingerprint density at radius 1 is 1.00 bits per heavy atom. The van der Waals surface area contributed by atoms with Gasteiger partial charge in [-0.2, -0.15) is 0 Å². The molecule has 0 bridgehead atoms. The summed E-state index contributed by atoms with van der Waals surface area (Å²) in [7, 11) is 0. The van der Waals surface area contributed by atoms with Crippen LogP contribution >= 0.6 is 23.5 Å². The van der Waals surface area contributed by atoms with E-state index in [-0.39, 0.29) is 0 Å². The highest BCUT2D eigenvalue weighted by Gasteiger charge is 2.10. The number of aromatic amines is 1. The summed E-state index contributed by atoms with van der Waals surface area (Å²) in [5, 5.41) is 0.935. The lowest BCUT2D eigenvalue weighted by Crippen LogP contribution is -2.38. The number of ether oxygens (including phenoxy) is 3. The summed E-state index contributed by atoms with van der Waals surface area (Å²) in [6.07, 6.45) is 3.90. The fraction of sp³-hybridized carbons (Fsp3) is 0.538. The molecular formula is C26H36N4O3S2. The fourth-order valence-corrected chi connectivity index (χ4v) is 5.71. The highest BCUT2D eigenvalue weighted by molar-refractivity contribution is 7.99. The summed E-state index contributed by atoms with van der Waals surface area (Å²) < 4.78 is 16.9. The van der Waals surface area contributed by atoms with Crippen LogP contribution in [0.1, 0.15) is 24.1 Å². The Morgan fingerprint density at radius 3 is 2.66 bits per heavy atom. The van der Waals surface area contributed by atoms with Gasteiger partial charge < -0.3 is 19.2 Å². The lowest BCUT2D eigenvalue weighted by molar-refractivity contribution is 0.0173. The summed E-state index contributed by atoms with van der Waals surface area (Å²) in [6.45, 7) is 10.0. The molecule has 0 saturated carbocycles. The summed E-state index contributed by atoms with van der Waals surface area (Å²) in [5.41, 5.74) is 4.45. The van der Waals surface area contributed by atoms with Crippen molar-refractivity contribution >= 4 is 34.6 Å². The number of imidazole rings is 1. The molecule has 0 amide bonds. The van der Waals surface area contributed by atoms with Crippen molar-refractivity contribution in [3.05, 3.63) is 47.8 Å². The van der Waals surface area contributed by atoms with Crippen molar-refractivity contribution in [2.75, 3.05) is 65.0 Å². The van der Waals surface area contributed by atoms with Gasteiger partial charge in [0.25, 0.3) is 0 Å². The van der Waals surface area contributed by atoms with E-state index < -0.39 is 0 Å². The maximum Gasteiger partial charge on any atom is 0.166 e. The first-order chi connectivity index (χ1) is 17.3. The summed E-state index contributed by atoms with van der Waals surface area (Å²) in [6, 6.07) is 10.2. The maximum atomic E-state index is 5.79. The summed E-state index contributed by atoms with van der Waals surface area (Å²) in [4.78, 5) is 16.3. The third-order valence-corrected chi connectivity index (χ3v) is 8.03. The van der Waals surface area contributed by atoms with Crippen LogP contribution in [0.3, 0.4) is 0 Å². The fourth-order valence-electron chi connectivity index (χ4n) is 3.82. The molecule has 0 aliphatic carbocycles. The molecule has 1 aliphatic heterocycles. The van der Waals surface area contributed by atoms with Gasteiger partial charge in [-0.1, -0.05) is 23.9 Å².